The molecule has 31 heavy (non-hydrogen) atoms. The fraction of sp³-hybridized carbons (Fsp3) is 0.250. The molecule has 2 heterocycles. The van der Waals surface area contributed by atoms with Crippen LogP contribution >= 0.6 is 0 Å². The Kier molecular flexibility index (Phi) is 5.42. The minimum absolute atomic E-state index is 0.277. The highest BCUT2D eigenvalue weighted by atomic mass is 16.4. The molecule has 2 aromatic heterocycles. The first-order valence-corrected chi connectivity index (χ1v) is 10.1. The molecule has 0 saturated heterocycles. The van der Waals surface area contributed by atoms with Gasteiger partial charge in [0.25, 0.3) is 5.91 Å². The van der Waals surface area contributed by atoms with Crippen molar-refractivity contribution >= 4 is 11.6 Å². The van der Waals surface area contributed by atoms with Gasteiger partial charge in [-0.25, -0.2) is 9.67 Å². The molecule has 0 unspecified atom stereocenters. The van der Waals surface area contributed by atoms with Crippen LogP contribution in [0, 0.1) is 34.6 Å². The van der Waals surface area contributed by atoms with Crippen molar-refractivity contribution in [2.75, 3.05) is 5.32 Å². The summed E-state index contributed by atoms with van der Waals surface area (Å²) in [6, 6.07) is 13.8. The second-order valence-electron chi connectivity index (χ2n) is 7.80. The molecule has 0 saturated carbocycles. The van der Waals surface area contributed by atoms with Gasteiger partial charge in [0.15, 0.2) is 5.69 Å². The zero-order valence-corrected chi connectivity index (χ0v) is 18.4. The van der Waals surface area contributed by atoms with Crippen LogP contribution in [0.5, 0.6) is 0 Å². The van der Waals surface area contributed by atoms with Crippen LogP contribution < -0.4 is 5.32 Å². The molecule has 2 aromatic carbocycles. The largest absolute Gasteiger partial charge is 0.441 e. The molecule has 0 atom stereocenters. The molecular weight excluding hydrogens is 390 g/mol. The van der Waals surface area contributed by atoms with Gasteiger partial charge >= 0.3 is 0 Å². The van der Waals surface area contributed by atoms with Crippen molar-refractivity contribution in [1.82, 2.24) is 20.0 Å². The topological polar surface area (TPSA) is 85.8 Å². The van der Waals surface area contributed by atoms with E-state index in [1.807, 2.05) is 77.1 Å². The molecular formula is C24H25N5O2. The first kappa shape index (κ1) is 20.5. The van der Waals surface area contributed by atoms with Crippen LogP contribution in [0.3, 0.4) is 0 Å². The van der Waals surface area contributed by atoms with Gasteiger partial charge in [0.2, 0.25) is 5.89 Å². The monoisotopic (exact) mass is 415 g/mol. The number of aromatic nitrogens is 4. The van der Waals surface area contributed by atoms with E-state index in [-0.39, 0.29) is 5.91 Å². The van der Waals surface area contributed by atoms with Crippen molar-refractivity contribution < 1.29 is 9.21 Å². The van der Waals surface area contributed by atoms with E-state index in [9.17, 15) is 4.79 Å². The highest BCUT2D eigenvalue weighted by molar-refractivity contribution is 6.04. The average Bonchev–Trinajstić information content (AvgIpc) is 3.28. The van der Waals surface area contributed by atoms with E-state index in [2.05, 4.69) is 20.6 Å². The molecule has 0 spiro atoms. The lowest BCUT2D eigenvalue weighted by Crippen LogP contribution is -2.16. The normalized spacial score (nSPS) is 11.0. The zero-order valence-electron chi connectivity index (χ0n) is 18.4. The summed E-state index contributed by atoms with van der Waals surface area (Å²) in [6.45, 7) is 10.1. The summed E-state index contributed by atoms with van der Waals surface area (Å²) in [5.74, 6) is 1.00. The second kappa shape index (κ2) is 8.18. The SMILES string of the molecule is Cc1cc(C)c(NC(=O)c2nnn(Cc3nc(-c4ccccc4)oc3C)c2C)c(C)c1. The van der Waals surface area contributed by atoms with E-state index in [1.165, 1.54) is 0 Å². The van der Waals surface area contributed by atoms with E-state index in [4.69, 9.17) is 4.42 Å². The standard InChI is InChI=1S/C24H25N5O2/c1-14-11-15(2)21(16(3)12-14)26-23(30)22-17(4)29(28-27-22)13-20-18(5)31-24(25-20)19-9-7-6-8-10-19/h6-12H,13H2,1-5H3,(H,26,30). The Hall–Kier alpha value is -3.74. The highest BCUT2D eigenvalue weighted by Crippen LogP contribution is 2.24. The van der Waals surface area contributed by atoms with Crippen molar-refractivity contribution in [3.8, 4) is 11.5 Å². The van der Waals surface area contributed by atoms with Crippen LogP contribution in [0.2, 0.25) is 0 Å². The van der Waals surface area contributed by atoms with Crippen LogP contribution in [0.4, 0.5) is 5.69 Å². The molecule has 4 aromatic rings. The Morgan fingerprint density at radius 1 is 1.03 bits per heavy atom. The molecule has 7 heteroatoms. The van der Waals surface area contributed by atoms with Crippen molar-refractivity contribution in [3.63, 3.8) is 0 Å². The summed E-state index contributed by atoms with van der Waals surface area (Å²) in [7, 11) is 0. The number of hydrogen-bond acceptors (Lipinski definition) is 5. The first-order chi connectivity index (χ1) is 14.8. The molecule has 0 fully saturated rings. The molecule has 0 aliphatic rings. The number of amides is 1. The fourth-order valence-electron chi connectivity index (χ4n) is 3.69. The lowest BCUT2D eigenvalue weighted by molar-refractivity contribution is 0.102. The molecule has 0 bridgehead atoms. The maximum absolute atomic E-state index is 12.9. The third-order valence-electron chi connectivity index (χ3n) is 5.33. The second-order valence-corrected chi connectivity index (χ2v) is 7.80. The fourth-order valence-corrected chi connectivity index (χ4v) is 3.69. The van der Waals surface area contributed by atoms with Crippen molar-refractivity contribution in [2.24, 2.45) is 0 Å². The summed E-state index contributed by atoms with van der Waals surface area (Å²) in [5.41, 5.74) is 6.63. The van der Waals surface area contributed by atoms with Crippen molar-refractivity contribution in [1.29, 1.82) is 0 Å². The summed E-state index contributed by atoms with van der Waals surface area (Å²) in [4.78, 5) is 17.5. The van der Waals surface area contributed by atoms with Gasteiger partial charge in [-0.3, -0.25) is 4.79 Å². The minimum atomic E-state index is -0.277. The van der Waals surface area contributed by atoms with Crippen LogP contribution in [-0.4, -0.2) is 25.9 Å². The number of nitrogens with zero attached hydrogens (tertiary/aromatic N) is 4. The predicted octanol–water partition coefficient (Wildman–Crippen LogP) is 4.78. The molecule has 7 nitrogen and oxygen atoms in total. The van der Waals surface area contributed by atoms with Crippen LogP contribution in [-0.2, 0) is 6.54 Å². The number of hydrogen-bond donors (Lipinski definition) is 1. The molecule has 1 amide bonds. The van der Waals surface area contributed by atoms with Crippen molar-refractivity contribution in [2.45, 2.75) is 41.2 Å². The number of anilines is 1. The van der Waals surface area contributed by atoms with Crippen LogP contribution in [0.1, 0.15) is 44.3 Å². The number of carbonyl (C=O) groups excluding carboxylic acids is 1. The van der Waals surface area contributed by atoms with Crippen LogP contribution in [0.15, 0.2) is 46.9 Å². The molecule has 4 rings (SSSR count). The Morgan fingerprint density at radius 3 is 2.39 bits per heavy atom. The lowest BCUT2D eigenvalue weighted by atomic mass is 10.0. The maximum Gasteiger partial charge on any atom is 0.278 e. The van der Waals surface area contributed by atoms with Crippen LogP contribution in [0.25, 0.3) is 11.5 Å². The van der Waals surface area contributed by atoms with E-state index in [1.54, 1.807) is 4.68 Å². The minimum Gasteiger partial charge on any atom is -0.441 e. The Balaban J connectivity index is 1.55. The number of rotatable bonds is 5. The summed E-state index contributed by atoms with van der Waals surface area (Å²) in [6.07, 6.45) is 0. The highest BCUT2D eigenvalue weighted by Gasteiger charge is 2.20. The van der Waals surface area contributed by atoms with Gasteiger partial charge in [-0.1, -0.05) is 41.1 Å². The molecule has 0 aliphatic heterocycles. The number of oxazole rings is 1. The van der Waals surface area contributed by atoms with E-state index < -0.39 is 0 Å². The lowest BCUT2D eigenvalue weighted by Gasteiger charge is -2.12. The average molecular weight is 415 g/mol. The Bertz CT molecular complexity index is 1230. The Labute approximate surface area is 181 Å². The number of nitrogens with one attached hydrogen (secondary N) is 1. The smallest absolute Gasteiger partial charge is 0.278 e. The molecule has 0 radical (unpaired) electrons. The van der Waals surface area contributed by atoms with Crippen molar-refractivity contribution in [3.05, 3.63) is 82.0 Å². The molecule has 158 valence electrons. The first-order valence-electron chi connectivity index (χ1n) is 10.1. The molecule has 0 aliphatic carbocycles. The van der Waals surface area contributed by atoms with E-state index in [0.29, 0.717) is 29.6 Å². The van der Waals surface area contributed by atoms with Gasteiger partial charge in [-0.05, 0) is 57.9 Å². The zero-order chi connectivity index (χ0) is 22.1. The van der Waals surface area contributed by atoms with Gasteiger partial charge in [-0.2, -0.15) is 0 Å². The summed E-state index contributed by atoms with van der Waals surface area (Å²) < 4.78 is 7.50. The third-order valence-corrected chi connectivity index (χ3v) is 5.33. The summed E-state index contributed by atoms with van der Waals surface area (Å²) in [5, 5.41) is 11.3. The quantitative estimate of drug-likeness (QED) is 0.507. The number of benzene rings is 2. The molecule has 1 N–H and O–H groups in total. The van der Waals surface area contributed by atoms with Gasteiger partial charge in [0, 0.05) is 11.3 Å². The van der Waals surface area contributed by atoms with Gasteiger partial charge < -0.3 is 9.73 Å². The third kappa shape index (κ3) is 4.12. The maximum atomic E-state index is 12.9. The number of carbonyl (C=O) groups is 1. The van der Waals surface area contributed by atoms with E-state index in [0.717, 1.165) is 33.6 Å². The number of aryl methyl sites for hydroxylation is 4. The van der Waals surface area contributed by atoms with Gasteiger partial charge in [-0.15, -0.1) is 5.10 Å². The summed E-state index contributed by atoms with van der Waals surface area (Å²) >= 11 is 0. The predicted molar refractivity (Wildman–Crippen MR) is 119 cm³/mol. The van der Waals surface area contributed by atoms with E-state index >= 15 is 0 Å². The van der Waals surface area contributed by atoms with Gasteiger partial charge in [0.05, 0.1) is 12.2 Å². The van der Waals surface area contributed by atoms with Gasteiger partial charge in [0.1, 0.15) is 11.5 Å². The Morgan fingerprint density at radius 2 is 1.71 bits per heavy atom.